The van der Waals surface area contributed by atoms with Crippen molar-refractivity contribution in [3.8, 4) is 5.75 Å². The van der Waals surface area contributed by atoms with Gasteiger partial charge in [-0.25, -0.2) is 4.98 Å². The average Bonchev–Trinajstić information content (AvgIpc) is 3.20. The molecule has 0 aliphatic carbocycles. The van der Waals surface area contributed by atoms with Crippen molar-refractivity contribution in [2.75, 3.05) is 0 Å². The number of aromatic nitrogens is 2. The molecule has 4 rings (SSSR count). The lowest BCUT2D eigenvalue weighted by Crippen LogP contribution is -2.41. The van der Waals surface area contributed by atoms with Crippen LogP contribution in [0.25, 0.3) is 10.9 Å². The Morgan fingerprint density at radius 1 is 1.00 bits per heavy atom. The molecular formula is C24H22N4O4. The summed E-state index contributed by atoms with van der Waals surface area (Å²) < 4.78 is 11.0. The zero-order valence-electron chi connectivity index (χ0n) is 17.7. The number of ether oxygens (including phenoxy) is 1. The van der Waals surface area contributed by atoms with E-state index in [-0.39, 0.29) is 12.3 Å². The van der Waals surface area contributed by atoms with Crippen LogP contribution in [0.2, 0.25) is 0 Å². The van der Waals surface area contributed by atoms with Crippen molar-refractivity contribution in [3.63, 3.8) is 0 Å². The molecule has 0 aliphatic heterocycles. The predicted octanol–water partition coefficient (Wildman–Crippen LogP) is 3.75. The maximum atomic E-state index is 12.5. The molecule has 0 spiro atoms. The summed E-state index contributed by atoms with van der Waals surface area (Å²) in [6, 6.07) is 17.6. The number of pyridine rings is 1. The average molecular weight is 430 g/mol. The Kier molecular flexibility index (Phi) is 6.12. The second-order valence-electron chi connectivity index (χ2n) is 7.13. The Labute approximate surface area is 184 Å². The van der Waals surface area contributed by atoms with E-state index in [0.717, 1.165) is 23.1 Å². The maximum Gasteiger partial charge on any atom is 0.288 e. The first kappa shape index (κ1) is 21.0. The van der Waals surface area contributed by atoms with Crippen LogP contribution >= 0.6 is 0 Å². The Hall–Kier alpha value is -4.20. The molecular weight excluding hydrogens is 408 g/mol. The molecule has 8 heteroatoms. The number of rotatable bonds is 6. The smallest absolute Gasteiger partial charge is 0.288 e. The molecule has 0 radical (unpaired) electrons. The number of hydrazine groups is 1. The van der Waals surface area contributed by atoms with Crippen molar-refractivity contribution < 1.29 is 18.8 Å². The fourth-order valence-corrected chi connectivity index (χ4v) is 3.22. The SMILES string of the molecule is CCc1noc(C)c1COc1cccc(C(=O)NNC(=O)c2ccc3ccccc3n2)c1. The highest BCUT2D eigenvalue weighted by molar-refractivity contribution is 5.99. The zero-order valence-corrected chi connectivity index (χ0v) is 17.7. The first-order valence-electron chi connectivity index (χ1n) is 10.2. The van der Waals surface area contributed by atoms with E-state index in [1.807, 2.05) is 38.1 Å². The summed E-state index contributed by atoms with van der Waals surface area (Å²) in [5, 5.41) is 4.94. The molecule has 2 aromatic heterocycles. The molecule has 0 saturated heterocycles. The third kappa shape index (κ3) is 4.59. The van der Waals surface area contributed by atoms with Gasteiger partial charge in [0.15, 0.2) is 0 Å². The van der Waals surface area contributed by atoms with Crippen molar-refractivity contribution >= 4 is 22.7 Å². The van der Waals surface area contributed by atoms with E-state index in [0.29, 0.717) is 22.6 Å². The van der Waals surface area contributed by atoms with E-state index in [1.165, 1.54) is 0 Å². The second-order valence-corrected chi connectivity index (χ2v) is 7.13. The fraction of sp³-hybridized carbons (Fsp3) is 0.167. The summed E-state index contributed by atoms with van der Waals surface area (Å²) in [5.41, 5.74) is 7.80. The maximum absolute atomic E-state index is 12.5. The van der Waals surface area contributed by atoms with Gasteiger partial charge in [-0.2, -0.15) is 0 Å². The lowest BCUT2D eigenvalue weighted by molar-refractivity contribution is 0.0844. The first-order chi connectivity index (χ1) is 15.5. The lowest BCUT2D eigenvalue weighted by atomic mass is 10.1. The predicted molar refractivity (Wildman–Crippen MR) is 118 cm³/mol. The van der Waals surface area contributed by atoms with Crippen molar-refractivity contribution in [3.05, 3.63) is 88.9 Å². The summed E-state index contributed by atoms with van der Waals surface area (Å²) in [5.74, 6) is 0.245. The molecule has 2 amide bonds. The number of fused-ring (bicyclic) bond motifs is 1. The Morgan fingerprint density at radius 2 is 1.81 bits per heavy atom. The van der Waals surface area contributed by atoms with Crippen LogP contribution in [0.1, 0.15) is 44.8 Å². The quantitative estimate of drug-likeness (QED) is 0.451. The van der Waals surface area contributed by atoms with Crippen molar-refractivity contribution in [2.24, 2.45) is 0 Å². The van der Waals surface area contributed by atoms with Gasteiger partial charge >= 0.3 is 0 Å². The molecule has 0 bridgehead atoms. The minimum absolute atomic E-state index is 0.205. The van der Waals surface area contributed by atoms with Gasteiger partial charge in [0, 0.05) is 10.9 Å². The van der Waals surface area contributed by atoms with Gasteiger partial charge in [-0.3, -0.25) is 20.4 Å². The van der Waals surface area contributed by atoms with Crippen molar-refractivity contribution in [1.82, 2.24) is 21.0 Å². The number of aryl methyl sites for hydroxylation is 2. The van der Waals surface area contributed by atoms with Gasteiger partial charge < -0.3 is 9.26 Å². The van der Waals surface area contributed by atoms with Gasteiger partial charge in [-0.1, -0.05) is 42.4 Å². The third-order valence-corrected chi connectivity index (χ3v) is 5.00. The minimum Gasteiger partial charge on any atom is -0.489 e. The van der Waals surface area contributed by atoms with E-state index < -0.39 is 11.8 Å². The standard InChI is InChI=1S/C24H22N4O4/c1-3-20-19(15(2)32-28-20)14-31-18-9-6-8-17(13-18)23(29)26-27-24(30)22-12-11-16-7-4-5-10-21(16)25-22/h4-13H,3,14H2,1-2H3,(H,26,29)(H,27,30). The highest BCUT2D eigenvalue weighted by Crippen LogP contribution is 2.19. The highest BCUT2D eigenvalue weighted by Gasteiger charge is 2.14. The number of nitrogens with one attached hydrogen (secondary N) is 2. The van der Waals surface area contributed by atoms with Crippen LogP contribution in [0.5, 0.6) is 5.75 Å². The Bertz CT molecular complexity index is 1280. The van der Waals surface area contributed by atoms with E-state index in [1.54, 1.807) is 36.4 Å². The van der Waals surface area contributed by atoms with Gasteiger partial charge in [0.25, 0.3) is 11.8 Å². The van der Waals surface area contributed by atoms with Crippen LogP contribution in [-0.2, 0) is 13.0 Å². The highest BCUT2D eigenvalue weighted by atomic mass is 16.5. The second kappa shape index (κ2) is 9.30. The van der Waals surface area contributed by atoms with Crippen molar-refractivity contribution in [1.29, 1.82) is 0 Å². The molecule has 0 unspecified atom stereocenters. The molecule has 162 valence electrons. The van der Waals surface area contributed by atoms with Gasteiger partial charge in [0.1, 0.15) is 23.8 Å². The number of nitrogens with zero attached hydrogens (tertiary/aromatic N) is 2. The normalized spacial score (nSPS) is 10.7. The molecule has 2 aromatic carbocycles. The number of hydrogen-bond donors (Lipinski definition) is 2. The molecule has 32 heavy (non-hydrogen) atoms. The van der Waals surface area contributed by atoms with Crippen LogP contribution in [0.3, 0.4) is 0 Å². The first-order valence-corrected chi connectivity index (χ1v) is 10.2. The van der Waals surface area contributed by atoms with Crippen LogP contribution in [0.15, 0.2) is 65.2 Å². The number of hydrogen-bond acceptors (Lipinski definition) is 6. The third-order valence-electron chi connectivity index (χ3n) is 5.00. The summed E-state index contributed by atoms with van der Waals surface area (Å²) in [4.78, 5) is 29.2. The Balaban J connectivity index is 1.37. The number of para-hydroxylation sites is 1. The molecule has 2 heterocycles. The van der Waals surface area contributed by atoms with Crippen LogP contribution in [-0.4, -0.2) is 22.0 Å². The van der Waals surface area contributed by atoms with Gasteiger partial charge in [-0.05, 0) is 43.7 Å². The van der Waals surface area contributed by atoms with Crippen molar-refractivity contribution in [2.45, 2.75) is 26.9 Å². The molecule has 0 aliphatic rings. The van der Waals surface area contributed by atoms with Crippen LogP contribution in [0, 0.1) is 6.92 Å². The fourth-order valence-electron chi connectivity index (χ4n) is 3.22. The topological polar surface area (TPSA) is 106 Å². The van der Waals surface area contributed by atoms with Gasteiger partial charge in [0.05, 0.1) is 16.8 Å². The molecule has 2 N–H and O–H groups in total. The number of amides is 2. The lowest BCUT2D eigenvalue weighted by Gasteiger charge is -2.10. The van der Waals surface area contributed by atoms with Crippen LogP contribution in [0.4, 0.5) is 0 Å². The largest absolute Gasteiger partial charge is 0.489 e. The van der Waals surface area contributed by atoms with Crippen LogP contribution < -0.4 is 15.6 Å². The molecule has 0 saturated carbocycles. The van der Waals surface area contributed by atoms with Gasteiger partial charge in [0.2, 0.25) is 0 Å². The monoisotopic (exact) mass is 430 g/mol. The zero-order chi connectivity index (χ0) is 22.5. The molecule has 8 nitrogen and oxygen atoms in total. The molecule has 0 fully saturated rings. The minimum atomic E-state index is -0.508. The molecule has 4 aromatic rings. The van der Waals surface area contributed by atoms with E-state index >= 15 is 0 Å². The summed E-state index contributed by atoms with van der Waals surface area (Å²) in [7, 11) is 0. The summed E-state index contributed by atoms with van der Waals surface area (Å²) in [6.07, 6.45) is 0.740. The number of carbonyl (C=O) groups is 2. The van der Waals surface area contributed by atoms with E-state index in [9.17, 15) is 9.59 Å². The molecule has 0 atom stereocenters. The summed E-state index contributed by atoms with van der Waals surface area (Å²) in [6.45, 7) is 4.11. The number of benzene rings is 2. The van der Waals surface area contributed by atoms with E-state index in [2.05, 4.69) is 21.0 Å². The summed E-state index contributed by atoms with van der Waals surface area (Å²) >= 11 is 0. The van der Waals surface area contributed by atoms with E-state index in [4.69, 9.17) is 9.26 Å². The van der Waals surface area contributed by atoms with Gasteiger partial charge in [-0.15, -0.1) is 0 Å². The number of carbonyl (C=O) groups excluding carboxylic acids is 2. The Morgan fingerprint density at radius 3 is 2.66 bits per heavy atom.